The monoisotopic (exact) mass is 999 g/mol. The zero-order chi connectivity index (χ0) is 49.4. The highest BCUT2D eigenvalue weighted by atomic mass is 32.2. The maximum atomic E-state index is 14.5. The van der Waals surface area contributed by atoms with E-state index in [-0.39, 0.29) is 114 Å². The van der Waals surface area contributed by atoms with Crippen LogP contribution in [0.25, 0.3) is 0 Å². The van der Waals surface area contributed by atoms with Crippen molar-refractivity contribution in [1.29, 1.82) is 0 Å². The smallest absolute Gasteiger partial charge is 0.297 e. The minimum atomic E-state index is -4.19. The average molecular weight is 999 g/mol. The van der Waals surface area contributed by atoms with E-state index in [0.717, 1.165) is 30.4 Å². The number of Topliss-reactive ketones (excluding diaryl/α,β-unsaturated/α-hetero) is 1. The van der Waals surface area contributed by atoms with Crippen LogP contribution in [0.2, 0.25) is 18.1 Å². The van der Waals surface area contributed by atoms with Gasteiger partial charge in [0.25, 0.3) is 10.1 Å². The first kappa shape index (κ1) is 52.0. The normalized spacial score (nSPS) is 42.7. The van der Waals surface area contributed by atoms with Gasteiger partial charge in [0.05, 0.1) is 59.8 Å². The lowest BCUT2D eigenvalue weighted by atomic mass is 9.78. The lowest BCUT2D eigenvalue weighted by Crippen LogP contribution is -2.61. The van der Waals surface area contributed by atoms with E-state index in [1.807, 2.05) is 6.92 Å². The number of ether oxygens (including phenoxy) is 7. The average Bonchev–Trinajstić information content (AvgIpc) is 3.82. The second-order valence-corrected chi connectivity index (χ2v) is 30.5. The van der Waals surface area contributed by atoms with Gasteiger partial charge in [-0.3, -0.25) is 8.98 Å². The Balaban J connectivity index is 0.977. The molecule has 1 spiro atoms. The topological polar surface area (TPSA) is 155 Å². The van der Waals surface area contributed by atoms with Crippen LogP contribution >= 0.6 is 0 Å². The standard InChI is InChI=1S/C54H82O13SSi/c1-30-12-16-40(17-13-30)68(57,58)67-39-20-21-54-28-47-49(65-54)50-51(64-47)52(66-54)48-43(63-50)19-15-38(61-48)25-36(55)26-41-35(6)44(22-31(2)29-59-69(10,11)53(7,8)9)62-46(41)27-45-34(5)32(3)23-37(60-45)14-18-42(56)33(4)24-39/h12-13,16-17,31-32,35,37-39,41-52,56H,4-5,14-15,18-29H2,1-3,6-11H3. The molecule has 0 radical (unpaired) electrons. The molecule has 0 amide bonds. The Morgan fingerprint density at radius 3 is 2.26 bits per heavy atom. The molecule has 9 saturated heterocycles. The van der Waals surface area contributed by atoms with Crippen LogP contribution in [0, 0.1) is 30.6 Å². The first-order valence-electron chi connectivity index (χ1n) is 26.3. The van der Waals surface area contributed by atoms with Gasteiger partial charge in [0.1, 0.15) is 36.3 Å². The van der Waals surface area contributed by atoms with Gasteiger partial charge in [-0.25, -0.2) is 0 Å². The van der Waals surface area contributed by atoms with Gasteiger partial charge in [0, 0.05) is 38.7 Å². The summed E-state index contributed by atoms with van der Waals surface area (Å²) < 4.78 is 88.6. The van der Waals surface area contributed by atoms with Crippen molar-refractivity contribution in [2.45, 2.75) is 246 Å². The van der Waals surface area contributed by atoms with Gasteiger partial charge >= 0.3 is 0 Å². The summed E-state index contributed by atoms with van der Waals surface area (Å²) in [5.74, 6) is -0.386. The molecule has 386 valence electrons. The molecule has 1 N–H and O–H groups in total. The Kier molecular flexibility index (Phi) is 15.2. The maximum absolute atomic E-state index is 14.5. The van der Waals surface area contributed by atoms with Crippen LogP contribution in [-0.4, -0.2) is 125 Å². The molecule has 15 heteroatoms. The number of aliphatic hydroxyl groups is 1. The molecule has 0 aliphatic carbocycles. The van der Waals surface area contributed by atoms with Crippen molar-refractivity contribution in [2.75, 3.05) is 6.61 Å². The Hall–Kier alpha value is -1.86. The largest absolute Gasteiger partial charge is 0.417 e. The highest BCUT2D eigenvalue weighted by molar-refractivity contribution is 7.86. The van der Waals surface area contributed by atoms with E-state index in [9.17, 15) is 18.3 Å². The first-order chi connectivity index (χ1) is 32.5. The summed E-state index contributed by atoms with van der Waals surface area (Å²) in [5.41, 5.74) is 2.45. The fraction of sp³-hybridized carbons (Fsp3) is 0.796. The summed E-state index contributed by atoms with van der Waals surface area (Å²) in [6.07, 6.45) is 0.939. The molecule has 19 atom stereocenters. The third kappa shape index (κ3) is 11.0. The number of hydrogen-bond donors (Lipinski definition) is 1. The third-order valence-electron chi connectivity index (χ3n) is 17.8. The molecule has 9 heterocycles. The molecular weight excluding hydrogens is 917 g/mol. The molecular formula is C54H82O13SSi. The van der Waals surface area contributed by atoms with Crippen molar-refractivity contribution < 1.29 is 60.1 Å². The molecule has 9 aliphatic heterocycles. The second kappa shape index (κ2) is 20.1. The van der Waals surface area contributed by atoms with Gasteiger partial charge in [-0.1, -0.05) is 72.4 Å². The summed E-state index contributed by atoms with van der Waals surface area (Å²) in [7, 11) is -6.13. The van der Waals surface area contributed by atoms with Gasteiger partial charge in [-0.15, -0.1) is 0 Å². The fourth-order valence-corrected chi connectivity index (χ4v) is 14.7. The number of fused-ring (bicyclic) bond motifs is 4. The first-order valence-corrected chi connectivity index (χ1v) is 30.6. The van der Waals surface area contributed by atoms with Crippen LogP contribution in [0.5, 0.6) is 0 Å². The molecule has 0 aromatic heterocycles. The molecule has 10 bridgehead atoms. The van der Waals surface area contributed by atoms with E-state index in [0.29, 0.717) is 57.1 Å². The Bertz CT molecular complexity index is 2140. The molecule has 1 aromatic rings. The predicted octanol–water partition coefficient (Wildman–Crippen LogP) is 9.07. The summed E-state index contributed by atoms with van der Waals surface area (Å²) in [4.78, 5) is 14.5. The van der Waals surface area contributed by atoms with Crippen LogP contribution in [-0.2, 0) is 56.7 Å². The number of rotatable bonds is 8. The SMILES string of the molecule is C=C1CC(OS(=O)(=O)c2ccc(C)cc2)CCC23CC4OC5C(OC6CCC(CC(=O)CC7C(CC8OC(CCC1O)CC(C)C8=C)OC(CC(C)CO[Si](C)(C)C(C)(C)C)C7C)OC6C5O2)C4O3. The van der Waals surface area contributed by atoms with Gasteiger partial charge in [0.15, 0.2) is 14.1 Å². The quantitative estimate of drug-likeness (QED) is 0.150. The van der Waals surface area contributed by atoms with E-state index in [1.54, 1.807) is 24.3 Å². The number of aliphatic hydroxyl groups excluding tert-OH is 1. The molecule has 9 aliphatic rings. The van der Waals surface area contributed by atoms with Gasteiger partial charge in [0.2, 0.25) is 0 Å². The fourth-order valence-electron chi connectivity index (χ4n) is 12.5. The molecule has 10 rings (SSSR count). The number of benzene rings is 1. The highest BCUT2D eigenvalue weighted by Crippen LogP contribution is 2.54. The number of aryl methyl sites for hydroxylation is 1. The van der Waals surface area contributed by atoms with E-state index in [2.05, 4.69) is 67.8 Å². The van der Waals surface area contributed by atoms with Crippen LogP contribution in [0.15, 0.2) is 53.5 Å². The summed E-state index contributed by atoms with van der Waals surface area (Å²) in [6.45, 7) is 29.5. The van der Waals surface area contributed by atoms with E-state index >= 15 is 0 Å². The molecule has 69 heavy (non-hydrogen) atoms. The minimum Gasteiger partial charge on any atom is -0.417 e. The maximum Gasteiger partial charge on any atom is 0.297 e. The van der Waals surface area contributed by atoms with E-state index < -0.39 is 54.7 Å². The number of ketones is 1. The summed E-state index contributed by atoms with van der Waals surface area (Å²) in [6, 6.07) is 6.59. The van der Waals surface area contributed by atoms with Crippen molar-refractivity contribution in [3.8, 4) is 0 Å². The number of hydrogen-bond acceptors (Lipinski definition) is 13. The zero-order valence-corrected chi connectivity index (χ0v) is 44.6. The van der Waals surface area contributed by atoms with Crippen LogP contribution < -0.4 is 0 Å². The van der Waals surface area contributed by atoms with Crippen molar-refractivity contribution in [1.82, 2.24) is 0 Å². The van der Waals surface area contributed by atoms with E-state index in [1.165, 1.54) is 0 Å². The van der Waals surface area contributed by atoms with E-state index in [4.69, 9.17) is 41.8 Å². The Morgan fingerprint density at radius 1 is 0.826 bits per heavy atom. The van der Waals surface area contributed by atoms with Gasteiger partial charge in [-0.2, -0.15) is 8.42 Å². The molecule has 19 unspecified atom stereocenters. The van der Waals surface area contributed by atoms with Crippen molar-refractivity contribution >= 4 is 24.2 Å². The number of carbonyl (C=O) groups excluding carboxylic acids is 1. The zero-order valence-electron chi connectivity index (χ0n) is 42.8. The molecule has 1 aromatic carbocycles. The number of carbonyl (C=O) groups is 1. The lowest BCUT2D eigenvalue weighted by molar-refractivity contribution is -0.292. The van der Waals surface area contributed by atoms with Crippen LogP contribution in [0.4, 0.5) is 0 Å². The second-order valence-electron chi connectivity index (χ2n) is 24.1. The summed E-state index contributed by atoms with van der Waals surface area (Å²) >= 11 is 0. The van der Waals surface area contributed by atoms with Crippen LogP contribution in [0.1, 0.15) is 131 Å². The summed E-state index contributed by atoms with van der Waals surface area (Å²) in [5, 5.41) is 11.8. The Labute approximate surface area is 413 Å². The van der Waals surface area contributed by atoms with Crippen molar-refractivity contribution in [2.24, 2.45) is 23.7 Å². The molecule has 13 nitrogen and oxygen atoms in total. The van der Waals surface area contributed by atoms with Crippen LogP contribution in [0.3, 0.4) is 0 Å². The van der Waals surface area contributed by atoms with Gasteiger partial charge in [-0.05, 0) is 123 Å². The predicted molar refractivity (Wildman–Crippen MR) is 262 cm³/mol. The molecule has 9 fully saturated rings. The van der Waals surface area contributed by atoms with Crippen molar-refractivity contribution in [3.63, 3.8) is 0 Å². The highest BCUT2D eigenvalue weighted by Gasteiger charge is 2.69. The van der Waals surface area contributed by atoms with Crippen molar-refractivity contribution in [3.05, 3.63) is 54.1 Å². The lowest BCUT2D eigenvalue weighted by Gasteiger charge is -2.47. The van der Waals surface area contributed by atoms with Gasteiger partial charge < -0.3 is 42.7 Å². The minimum absolute atomic E-state index is 0.0206. The Morgan fingerprint density at radius 2 is 1.52 bits per heavy atom. The third-order valence-corrected chi connectivity index (χ3v) is 23.7. The molecule has 0 saturated carbocycles.